The Morgan fingerprint density at radius 3 is 2.00 bits per heavy atom. The van der Waals surface area contributed by atoms with Gasteiger partial charge in [-0.3, -0.25) is 0 Å². The summed E-state index contributed by atoms with van der Waals surface area (Å²) in [6.45, 7) is 1.49. The highest BCUT2D eigenvalue weighted by Crippen LogP contribution is 2.34. The van der Waals surface area contributed by atoms with Crippen molar-refractivity contribution in [2.75, 3.05) is 6.61 Å². The van der Waals surface area contributed by atoms with E-state index >= 15 is 0 Å². The lowest BCUT2D eigenvalue weighted by Gasteiger charge is -2.17. The van der Waals surface area contributed by atoms with Crippen LogP contribution in [0.1, 0.15) is 52.7 Å². The lowest BCUT2D eigenvalue weighted by molar-refractivity contribution is 0.0697. The van der Waals surface area contributed by atoms with E-state index in [1.807, 2.05) is 48.5 Å². The number of carbonyl (C=O) groups is 1. The minimum atomic E-state index is -1.01. The van der Waals surface area contributed by atoms with Crippen LogP contribution in [0.4, 0.5) is 0 Å². The van der Waals surface area contributed by atoms with E-state index in [0.717, 1.165) is 60.3 Å². The average Bonchev–Trinajstić information content (AvgIpc) is 2.96. The van der Waals surface area contributed by atoms with Gasteiger partial charge in [-0.05, 0) is 60.2 Å². The molecule has 0 saturated carbocycles. The number of hydrogen-bond acceptors (Lipinski definition) is 4. The van der Waals surface area contributed by atoms with Gasteiger partial charge in [0.15, 0.2) is 11.5 Å². The first kappa shape index (κ1) is 28.1. The summed E-state index contributed by atoms with van der Waals surface area (Å²) in [6, 6.07) is 30.9. The first-order chi connectivity index (χ1) is 19.1. The third-order valence-electron chi connectivity index (χ3n) is 6.30. The lowest BCUT2D eigenvalue weighted by atomic mass is 10.0. The van der Waals surface area contributed by atoms with Gasteiger partial charge in [-0.15, -0.1) is 0 Å². The van der Waals surface area contributed by atoms with Gasteiger partial charge < -0.3 is 19.3 Å². The molecule has 0 radical (unpaired) electrons. The van der Waals surface area contributed by atoms with Gasteiger partial charge in [-0.2, -0.15) is 0 Å². The van der Waals surface area contributed by atoms with Crippen LogP contribution in [-0.4, -0.2) is 17.7 Å². The molecule has 0 aliphatic carbocycles. The second-order valence-corrected chi connectivity index (χ2v) is 9.66. The number of rotatable bonds is 15. The fraction of sp³-hybridized carbons (Fsp3) is 0.242. The van der Waals surface area contributed by atoms with E-state index in [1.165, 1.54) is 12.1 Å². The van der Waals surface area contributed by atoms with Crippen molar-refractivity contribution < 1.29 is 24.1 Å². The average molecular weight is 545 g/mol. The predicted molar refractivity (Wildman–Crippen MR) is 154 cm³/mol. The largest absolute Gasteiger partial charge is 0.492 e. The van der Waals surface area contributed by atoms with E-state index < -0.39 is 5.97 Å². The number of aromatic carboxylic acids is 1. The first-order valence-electron chi connectivity index (χ1n) is 13.2. The SMILES string of the molecule is O=C(O)c1ccc(OCCCCCCc2cccc(OCc3ccccc3)c2OCc2ccccc2)c(Cl)c1. The van der Waals surface area contributed by atoms with Gasteiger partial charge in [0.1, 0.15) is 19.0 Å². The Morgan fingerprint density at radius 1 is 0.667 bits per heavy atom. The standard InChI is InChI=1S/C33H33ClO5/c34-29-22-28(33(35)36)19-20-30(29)37-21-10-2-1-9-16-27-17-11-18-31(38-23-25-12-5-3-6-13-25)32(27)39-24-26-14-7-4-8-15-26/h3-8,11-15,17-20,22H,1-2,9-10,16,21,23-24H2,(H,35,36). The molecule has 6 heteroatoms. The monoisotopic (exact) mass is 544 g/mol. The fourth-order valence-corrected chi connectivity index (χ4v) is 4.44. The summed E-state index contributed by atoms with van der Waals surface area (Å²) < 4.78 is 18.3. The number of benzene rings is 4. The van der Waals surface area contributed by atoms with Crippen molar-refractivity contribution in [1.82, 2.24) is 0 Å². The number of halogens is 1. The molecule has 4 aromatic carbocycles. The van der Waals surface area contributed by atoms with Gasteiger partial charge in [0.2, 0.25) is 0 Å². The van der Waals surface area contributed by atoms with Crippen LogP contribution in [0, 0.1) is 0 Å². The number of para-hydroxylation sites is 1. The summed E-state index contributed by atoms with van der Waals surface area (Å²) in [6.07, 6.45) is 4.83. The van der Waals surface area contributed by atoms with Gasteiger partial charge in [-0.25, -0.2) is 4.79 Å². The molecular formula is C33H33ClO5. The van der Waals surface area contributed by atoms with Crippen LogP contribution in [-0.2, 0) is 19.6 Å². The third-order valence-corrected chi connectivity index (χ3v) is 6.60. The molecule has 0 aliphatic heterocycles. The van der Waals surface area contributed by atoms with Gasteiger partial charge in [0.05, 0.1) is 17.2 Å². The Kier molecular flexibility index (Phi) is 10.7. The number of carboxylic acid groups (broad SMARTS) is 1. The summed E-state index contributed by atoms with van der Waals surface area (Å²) in [7, 11) is 0. The molecule has 0 spiro atoms. The lowest BCUT2D eigenvalue weighted by Crippen LogP contribution is -2.03. The van der Waals surface area contributed by atoms with Gasteiger partial charge in [0, 0.05) is 0 Å². The van der Waals surface area contributed by atoms with Crippen LogP contribution in [0.5, 0.6) is 17.2 Å². The quantitative estimate of drug-likeness (QED) is 0.152. The van der Waals surface area contributed by atoms with Gasteiger partial charge >= 0.3 is 5.97 Å². The number of aryl methyl sites for hydroxylation is 1. The Balaban J connectivity index is 1.29. The van der Waals surface area contributed by atoms with Crippen LogP contribution >= 0.6 is 11.6 Å². The van der Waals surface area contributed by atoms with Gasteiger partial charge in [-0.1, -0.05) is 97.2 Å². The molecule has 202 valence electrons. The predicted octanol–water partition coefficient (Wildman–Crippen LogP) is 8.38. The van der Waals surface area contributed by atoms with Crippen LogP contribution in [0.2, 0.25) is 5.02 Å². The highest BCUT2D eigenvalue weighted by Gasteiger charge is 2.13. The van der Waals surface area contributed by atoms with Crippen molar-refractivity contribution in [1.29, 1.82) is 0 Å². The van der Waals surface area contributed by atoms with Crippen molar-refractivity contribution in [3.63, 3.8) is 0 Å². The van der Waals surface area contributed by atoms with Crippen molar-refractivity contribution in [2.24, 2.45) is 0 Å². The van der Waals surface area contributed by atoms with Gasteiger partial charge in [0.25, 0.3) is 0 Å². The third kappa shape index (κ3) is 8.79. The molecule has 4 rings (SSSR count). The normalized spacial score (nSPS) is 10.7. The topological polar surface area (TPSA) is 65.0 Å². The van der Waals surface area contributed by atoms with E-state index in [-0.39, 0.29) is 5.56 Å². The minimum Gasteiger partial charge on any atom is -0.492 e. The molecule has 0 unspecified atom stereocenters. The molecule has 0 heterocycles. The van der Waals surface area contributed by atoms with E-state index in [9.17, 15) is 4.79 Å². The highest BCUT2D eigenvalue weighted by molar-refractivity contribution is 6.32. The second kappa shape index (κ2) is 14.8. The van der Waals surface area contributed by atoms with Crippen LogP contribution < -0.4 is 14.2 Å². The summed E-state index contributed by atoms with van der Waals surface area (Å²) in [5, 5.41) is 9.37. The van der Waals surface area contributed by atoms with Crippen molar-refractivity contribution in [3.8, 4) is 17.2 Å². The zero-order valence-corrected chi connectivity index (χ0v) is 22.6. The maximum atomic E-state index is 11.0. The highest BCUT2D eigenvalue weighted by atomic mass is 35.5. The molecule has 0 saturated heterocycles. The Morgan fingerprint density at radius 2 is 1.33 bits per heavy atom. The number of carboxylic acids is 1. The van der Waals surface area contributed by atoms with Crippen LogP contribution in [0.15, 0.2) is 97.1 Å². The van der Waals surface area contributed by atoms with Crippen molar-refractivity contribution in [2.45, 2.75) is 45.3 Å². The first-order valence-corrected chi connectivity index (χ1v) is 13.6. The smallest absolute Gasteiger partial charge is 0.335 e. The Bertz CT molecular complexity index is 1320. The molecule has 0 aliphatic rings. The molecule has 0 bridgehead atoms. The van der Waals surface area contributed by atoms with Crippen molar-refractivity contribution in [3.05, 3.63) is 124 Å². The second-order valence-electron chi connectivity index (χ2n) is 9.26. The number of hydrogen-bond donors (Lipinski definition) is 1. The number of ether oxygens (including phenoxy) is 3. The Hall–Kier alpha value is -3.96. The maximum Gasteiger partial charge on any atom is 0.335 e. The van der Waals surface area contributed by atoms with E-state index in [1.54, 1.807) is 6.07 Å². The van der Waals surface area contributed by atoms with Crippen molar-refractivity contribution >= 4 is 17.6 Å². The zero-order valence-electron chi connectivity index (χ0n) is 21.9. The molecule has 4 aromatic rings. The van der Waals surface area contributed by atoms with Crippen LogP contribution in [0.25, 0.3) is 0 Å². The minimum absolute atomic E-state index is 0.147. The molecule has 0 atom stereocenters. The molecule has 1 N–H and O–H groups in total. The van der Waals surface area contributed by atoms with Crippen LogP contribution in [0.3, 0.4) is 0 Å². The summed E-state index contributed by atoms with van der Waals surface area (Å²) in [4.78, 5) is 11.0. The molecule has 0 aromatic heterocycles. The zero-order chi connectivity index (χ0) is 27.3. The number of unbranched alkanes of at least 4 members (excludes halogenated alkanes) is 3. The van der Waals surface area contributed by atoms with E-state index in [4.69, 9.17) is 30.9 Å². The van der Waals surface area contributed by atoms with E-state index in [2.05, 4.69) is 30.3 Å². The Labute approximate surface area is 234 Å². The molecule has 5 nitrogen and oxygen atoms in total. The molecule has 0 amide bonds. The molecule has 0 fully saturated rings. The summed E-state index contributed by atoms with van der Waals surface area (Å²) >= 11 is 6.14. The van der Waals surface area contributed by atoms with E-state index in [0.29, 0.717) is 30.6 Å². The molecule has 39 heavy (non-hydrogen) atoms. The maximum absolute atomic E-state index is 11.0. The fourth-order valence-electron chi connectivity index (χ4n) is 4.20. The summed E-state index contributed by atoms with van der Waals surface area (Å²) in [5.74, 6) is 1.06. The molecular weight excluding hydrogens is 512 g/mol. The summed E-state index contributed by atoms with van der Waals surface area (Å²) in [5.41, 5.74) is 3.50.